The van der Waals surface area contributed by atoms with E-state index in [4.69, 9.17) is 19.7 Å². The molecule has 6 heterocycles. The Bertz CT molecular complexity index is 2200. The number of fused-ring (bicyclic) bond motifs is 13. The molecule has 3 atom stereocenters. The molecule has 2 aromatic carbocycles. The highest BCUT2D eigenvalue weighted by atomic mass is 16.5. The number of methoxy groups -OCH3 is 1. The largest absolute Gasteiger partial charge is 0.494 e. The molecule has 3 aliphatic rings. The number of pyridine rings is 2. The molecule has 9 nitrogen and oxygen atoms in total. The second-order valence-electron chi connectivity index (χ2n) is 13.5. The van der Waals surface area contributed by atoms with Crippen molar-refractivity contribution in [3.05, 3.63) is 95.9 Å². The molecular formula is C39H39N7O2. The van der Waals surface area contributed by atoms with Crippen molar-refractivity contribution >= 4 is 28.0 Å². The van der Waals surface area contributed by atoms with Gasteiger partial charge in [0.15, 0.2) is 5.82 Å². The summed E-state index contributed by atoms with van der Waals surface area (Å²) in [6.45, 7) is 2.09. The standard InChI is InChI=1S/C39H39N7O2/c1-40-35-27-12-13-32(35)45(22-27)39(47)28-19-31-36(34(21-28)48-2)46-23-29-18-25(14-16-41-29)30-11-4-3-8-24(30)9-5-6-17-44-33(38(46)43-31)20-26-10-7-15-42-37(26)44/h3-4,7-8,10-11,14-16,18-21,27,32,35,40H,5-6,9,12-13,17,22-23H2,1-2H3. The van der Waals surface area contributed by atoms with Gasteiger partial charge in [-0.1, -0.05) is 24.3 Å². The van der Waals surface area contributed by atoms with Gasteiger partial charge in [-0.25, -0.2) is 9.97 Å². The SMILES string of the molecule is CNC1C2CCC1N(C(=O)c1cc(OC)c3c(c1)nc1n3Cc3cc(ccn3)-c3ccccc3CCCCn3c-1cc1cccnc13)C2. The molecule has 4 bridgehead atoms. The summed E-state index contributed by atoms with van der Waals surface area (Å²) in [5, 5.41) is 4.54. The van der Waals surface area contributed by atoms with Crippen LogP contribution in [0.15, 0.2) is 79.1 Å². The fraction of sp³-hybridized carbons (Fsp3) is 0.333. The molecule has 6 aromatic rings. The number of nitrogens with zero attached hydrogens (tertiary/aromatic N) is 6. The topological polar surface area (TPSA) is 90.1 Å². The lowest BCUT2D eigenvalue weighted by atomic mass is 9.96. The molecule has 1 amide bonds. The Morgan fingerprint density at radius 3 is 2.75 bits per heavy atom. The van der Waals surface area contributed by atoms with E-state index in [0.29, 0.717) is 29.8 Å². The minimum Gasteiger partial charge on any atom is -0.494 e. The van der Waals surface area contributed by atoms with Gasteiger partial charge in [-0.15, -0.1) is 0 Å². The zero-order chi connectivity index (χ0) is 32.4. The van der Waals surface area contributed by atoms with Crippen molar-refractivity contribution in [3.63, 3.8) is 0 Å². The van der Waals surface area contributed by atoms with Crippen LogP contribution in [0.3, 0.4) is 0 Å². The van der Waals surface area contributed by atoms with E-state index in [1.807, 2.05) is 37.6 Å². The highest BCUT2D eigenvalue weighted by Crippen LogP contribution is 2.40. The Morgan fingerprint density at radius 1 is 0.958 bits per heavy atom. The number of hydrogen-bond acceptors (Lipinski definition) is 6. The van der Waals surface area contributed by atoms with Crippen LogP contribution in [0, 0.1) is 5.92 Å². The van der Waals surface area contributed by atoms with Crippen molar-refractivity contribution in [2.24, 2.45) is 5.92 Å². The third-order valence-corrected chi connectivity index (χ3v) is 10.9. The number of ether oxygens (including phenoxy) is 1. The van der Waals surface area contributed by atoms with Gasteiger partial charge in [-0.05, 0) is 104 Å². The number of nitrogens with one attached hydrogen (secondary N) is 1. The maximum Gasteiger partial charge on any atom is 0.254 e. The summed E-state index contributed by atoms with van der Waals surface area (Å²) >= 11 is 0. The number of hydrogen-bond donors (Lipinski definition) is 1. The number of rotatable bonds is 3. The van der Waals surface area contributed by atoms with E-state index in [-0.39, 0.29) is 11.9 Å². The average molecular weight is 638 g/mol. The van der Waals surface area contributed by atoms with E-state index in [1.54, 1.807) is 7.11 Å². The van der Waals surface area contributed by atoms with Crippen molar-refractivity contribution < 1.29 is 9.53 Å². The first-order chi connectivity index (χ1) is 23.6. The summed E-state index contributed by atoms with van der Waals surface area (Å²) in [6, 6.07) is 23.7. The molecule has 9 rings (SSSR count). The first-order valence-electron chi connectivity index (χ1n) is 17.2. The maximum atomic E-state index is 14.1. The van der Waals surface area contributed by atoms with Gasteiger partial charge < -0.3 is 24.1 Å². The zero-order valence-electron chi connectivity index (χ0n) is 27.4. The van der Waals surface area contributed by atoms with E-state index in [9.17, 15) is 4.79 Å². The summed E-state index contributed by atoms with van der Waals surface area (Å²) in [5.74, 6) is 1.99. The fourth-order valence-electron chi connectivity index (χ4n) is 8.68. The van der Waals surface area contributed by atoms with Crippen LogP contribution >= 0.6 is 0 Å². The minimum absolute atomic E-state index is 0.0449. The summed E-state index contributed by atoms with van der Waals surface area (Å²) in [7, 11) is 3.69. The van der Waals surface area contributed by atoms with E-state index in [2.05, 4.69) is 67.9 Å². The van der Waals surface area contributed by atoms with Crippen LogP contribution in [-0.2, 0) is 19.5 Å². The molecule has 2 aliphatic heterocycles. The fourth-order valence-corrected chi connectivity index (χ4v) is 8.68. The number of likely N-dealkylation sites (N-methyl/N-ethyl adjacent to an activating group) is 1. The molecule has 1 saturated heterocycles. The van der Waals surface area contributed by atoms with Gasteiger partial charge in [0.25, 0.3) is 5.91 Å². The number of aryl methyl sites for hydroxylation is 2. The van der Waals surface area contributed by atoms with E-state index < -0.39 is 0 Å². The molecule has 0 radical (unpaired) electrons. The minimum atomic E-state index is 0.0449. The second kappa shape index (κ2) is 11.6. The van der Waals surface area contributed by atoms with Gasteiger partial charge in [0, 0.05) is 48.5 Å². The highest BCUT2D eigenvalue weighted by Gasteiger charge is 2.48. The third kappa shape index (κ3) is 4.63. The number of likely N-dealkylation sites (tertiary alicyclic amines) is 1. The predicted octanol–water partition coefficient (Wildman–Crippen LogP) is 6.33. The molecule has 3 unspecified atom stereocenters. The molecule has 1 N–H and O–H groups in total. The van der Waals surface area contributed by atoms with Crippen LogP contribution in [0.25, 0.3) is 44.7 Å². The Kier molecular flexibility index (Phi) is 7.04. The quantitative estimate of drug-likeness (QED) is 0.244. The number of aromatic nitrogens is 5. The number of carbonyl (C=O) groups excluding carboxylic acids is 1. The molecule has 0 spiro atoms. The number of benzene rings is 2. The lowest BCUT2D eigenvalue weighted by molar-refractivity contribution is 0.0698. The smallest absolute Gasteiger partial charge is 0.254 e. The van der Waals surface area contributed by atoms with Crippen LogP contribution in [0.1, 0.15) is 47.3 Å². The molecule has 242 valence electrons. The highest BCUT2D eigenvalue weighted by molar-refractivity contribution is 6.00. The lowest BCUT2D eigenvalue weighted by Crippen LogP contribution is -2.42. The van der Waals surface area contributed by atoms with Crippen molar-refractivity contribution in [1.29, 1.82) is 0 Å². The lowest BCUT2D eigenvalue weighted by Gasteiger charge is -2.27. The molecule has 48 heavy (non-hydrogen) atoms. The summed E-state index contributed by atoms with van der Waals surface area (Å²) < 4.78 is 10.6. The number of imidazole rings is 1. The summed E-state index contributed by atoms with van der Waals surface area (Å²) in [4.78, 5) is 31.2. The van der Waals surface area contributed by atoms with Crippen LogP contribution in [0.2, 0.25) is 0 Å². The molecular weight excluding hydrogens is 598 g/mol. The van der Waals surface area contributed by atoms with Crippen molar-refractivity contribution in [2.75, 3.05) is 20.7 Å². The average Bonchev–Trinajstić information content (AvgIpc) is 3.89. The van der Waals surface area contributed by atoms with Crippen molar-refractivity contribution in [3.8, 4) is 28.4 Å². The Morgan fingerprint density at radius 2 is 1.88 bits per heavy atom. The Labute approximate surface area is 279 Å². The Hall–Kier alpha value is -5.02. The monoisotopic (exact) mass is 637 g/mol. The zero-order valence-corrected chi connectivity index (χ0v) is 27.4. The summed E-state index contributed by atoms with van der Waals surface area (Å²) in [5.41, 5.74) is 8.83. The van der Waals surface area contributed by atoms with E-state index in [1.165, 1.54) is 17.5 Å². The summed E-state index contributed by atoms with van der Waals surface area (Å²) in [6.07, 6.45) is 9.01. The normalized spacial score (nSPS) is 20.4. The van der Waals surface area contributed by atoms with Gasteiger partial charge >= 0.3 is 0 Å². The van der Waals surface area contributed by atoms with E-state index in [0.717, 1.165) is 83.6 Å². The third-order valence-electron chi connectivity index (χ3n) is 10.9. The molecule has 1 saturated carbocycles. The van der Waals surface area contributed by atoms with Crippen LogP contribution in [-0.4, -0.2) is 67.7 Å². The number of piperidine rings is 1. The van der Waals surface area contributed by atoms with Crippen molar-refractivity contribution in [2.45, 2.75) is 57.3 Å². The second-order valence-corrected chi connectivity index (χ2v) is 13.5. The van der Waals surface area contributed by atoms with Gasteiger partial charge in [0.05, 0.1) is 30.6 Å². The first kappa shape index (κ1) is 29.1. The van der Waals surface area contributed by atoms with Gasteiger partial charge in [0.2, 0.25) is 0 Å². The van der Waals surface area contributed by atoms with E-state index >= 15 is 0 Å². The van der Waals surface area contributed by atoms with Gasteiger partial charge in [-0.3, -0.25) is 9.78 Å². The molecule has 4 aromatic heterocycles. The van der Waals surface area contributed by atoms with Crippen molar-refractivity contribution in [1.82, 2.24) is 34.3 Å². The number of amides is 1. The van der Waals surface area contributed by atoms with Gasteiger partial charge in [-0.2, -0.15) is 0 Å². The van der Waals surface area contributed by atoms with Crippen LogP contribution in [0.5, 0.6) is 5.75 Å². The molecule has 1 aliphatic carbocycles. The Balaban J connectivity index is 1.24. The first-order valence-corrected chi connectivity index (χ1v) is 17.2. The van der Waals surface area contributed by atoms with Gasteiger partial charge in [0.1, 0.15) is 16.9 Å². The molecule has 9 heteroatoms. The predicted molar refractivity (Wildman–Crippen MR) is 187 cm³/mol. The van der Waals surface area contributed by atoms with Crippen LogP contribution < -0.4 is 10.1 Å². The van der Waals surface area contributed by atoms with Crippen LogP contribution in [0.4, 0.5) is 0 Å². The number of carbonyl (C=O) groups is 1. The molecule has 2 fully saturated rings. The maximum absolute atomic E-state index is 14.1.